The van der Waals surface area contributed by atoms with Crippen molar-refractivity contribution in [1.29, 1.82) is 0 Å². The minimum Gasteiger partial charge on any atom is -0.474 e. The lowest BCUT2D eigenvalue weighted by Gasteiger charge is -1.98. The van der Waals surface area contributed by atoms with Crippen molar-refractivity contribution in [2.24, 2.45) is 0 Å². The van der Waals surface area contributed by atoms with E-state index in [0.29, 0.717) is 16.7 Å². The van der Waals surface area contributed by atoms with Crippen LogP contribution in [-0.4, -0.2) is 31.5 Å². The van der Waals surface area contributed by atoms with Crippen molar-refractivity contribution < 1.29 is 14.7 Å². The van der Waals surface area contributed by atoms with Gasteiger partial charge in [0.05, 0.1) is 5.69 Å². The molecule has 0 saturated carbocycles. The molecule has 15 heavy (non-hydrogen) atoms. The zero-order valence-electron chi connectivity index (χ0n) is 7.84. The molecular formula is C9H7N3O3. The van der Waals surface area contributed by atoms with Gasteiger partial charge >= 0.3 is 11.9 Å². The van der Waals surface area contributed by atoms with Crippen molar-refractivity contribution in [3.63, 3.8) is 0 Å². The van der Waals surface area contributed by atoms with Gasteiger partial charge in [0.1, 0.15) is 6.33 Å². The number of fused-ring (bicyclic) bond motifs is 1. The maximum Gasteiger partial charge on any atom is 0.395 e. The van der Waals surface area contributed by atoms with Gasteiger partial charge in [-0.15, -0.1) is 0 Å². The van der Waals surface area contributed by atoms with E-state index in [-0.39, 0.29) is 0 Å². The summed E-state index contributed by atoms with van der Waals surface area (Å²) in [6, 6.07) is 1.62. The highest BCUT2D eigenvalue weighted by Gasteiger charge is 2.17. The molecule has 2 rings (SSSR count). The monoisotopic (exact) mass is 205 g/mol. The second-order valence-corrected chi connectivity index (χ2v) is 2.99. The Balaban J connectivity index is 2.69. The number of rotatable bonds is 0. The molecule has 0 amide bonds. The number of carboxylic acids is 1. The van der Waals surface area contributed by atoms with Gasteiger partial charge in [-0.05, 0) is 13.0 Å². The number of carbonyl (C=O) groups is 2. The first-order valence-corrected chi connectivity index (χ1v) is 4.17. The van der Waals surface area contributed by atoms with Crippen LogP contribution in [-0.2, 0) is 4.79 Å². The number of carbonyl (C=O) groups excluding carboxylic acids is 1. The zero-order chi connectivity index (χ0) is 11.0. The van der Waals surface area contributed by atoms with Crippen LogP contribution in [0.2, 0.25) is 0 Å². The Hall–Kier alpha value is -2.24. The number of nitrogens with zero attached hydrogens (tertiary/aromatic N) is 3. The van der Waals surface area contributed by atoms with Crippen molar-refractivity contribution in [1.82, 2.24) is 14.5 Å². The SMILES string of the molecule is Cc1ncnc2c1ccn2C(=O)C(=O)O. The van der Waals surface area contributed by atoms with E-state index in [0.717, 1.165) is 4.57 Å². The van der Waals surface area contributed by atoms with Gasteiger partial charge < -0.3 is 5.11 Å². The summed E-state index contributed by atoms with van der Waals surface area (Å²) in [5.74, 6) is -2.54. The van der Waals surface area contributed by atoms with Crippen molar-refractivity contribution in [2.75, 3.05) is 0 Å². The molecule has 0 radical (unpaired) electrons. The molecule has 2 aromatic heterocycles. The third-order valence-corrected chi connectivity index (χ3v) is 2.08. The first-order chi connectivity index (χ1) is 7.11. The van der Waals surface area contributed by atoms with Gasteiger partial charge in [-0.2, -0.15) is 0 Å². The smallest absolute Gasteiger partial charge is 0.395 e. The van der Waals surface area contributed by atoms with E-state index in [9.17, 15) is 9.59 Å². The summed E-state index contributed by atoms with van der Waals surface area (Å²) in [6.07, 6.45) is 2.67. The normalized spacial score (nSPS) is 10.5. The van der Waals surface area contributed by atoms with E-state index >= 15 is 0 Å². The highest BCUT2D eigenvalue weighted by Crippen LogP contribution is 2.14. The van der Waals surface area contributed by atoms with E-state index in [1.54, 1.807) is 13.0 Å². The zero-order valence-corrected chi connectivity index (χ0v) is 7.84. The summed E-state index contributed by atoms with van der Waals surface area (Å²) >= 11 is 0. The van der Waals surface area contributed by atoms with Crippen LogP contribution >= 0.6 is 0 Å². The first kappa shape index (κ1) is 9.32. The third-order valence-electron chi connectivity index (χ3n) is 2.08. The van der Waals surface area contributed by atoms with Crippen LogP contribution < -0.4 is 0 Å². The van der Waals surface area contributed by atoms with E-state index in [4.69, 9.17) is 5.11 Å². The maximum absolute atomic E-state index is 11.2. The highest BCUT2D eigenvalue weighted by molar-refractivity contribution is 6.33. The Bertz CT molecular complexity index is 559. The number of hydrogen-bond donors (Lipinski definition) is 1. The molecular weight excluding hydrogens is 198 g/mol. The van der Waals surface area contributed by atoms with Crippen LogP contribution in [0.3, 0.4) is 0 Å². The molecule has 6 nitrogen and oxygen atoms in total. The van der Waals surface area contributed by atoms with Crippen LogP contribution in [0.4, 0.5) is 0 Å². The summed E-state index contributed by atoms with van der Waals surface area (Å²) in [5, 5.41) is 9.24. The molecule has 1 N–H and O–H groups in total. The quantitative estimate of drug-likeness (QED) is 0.631. The van der Waals surface area contributed by atoms with Gasteiger partial charge in [0, 0.05) is 11.6 Å². The number of aryl methyl sites for hydroxylation is 1. The lowest BCUT2D eigenvalue weighted by Crippen LogP contribution is -2.20. The molecule has 0 aliphatic carbocycles. The minimum absolute atomic E-state index is 0.315. The lowest BCUT2D eigenvalue weighted by molar-refractivity contribution is -0.132. The van der Waals surface area contributed by atoms with Crippen molar-refractivity contribution in [3.8, 4) is 0 Å². The molecule has 2 aromatic rings. The number of aromatic nitrogens is 3. The molecule has 0 spiro atoms. The largest absolute Gasteiger partial charge is 0.474 e. The van der Waals surface area contributed by atoms with Crippen molar-refractivity contribution in [2.45, 2.75) is 6.92 Å². The Kier molecular flexibility index (Phi) is 1.96. The van der Waals surface area contributed by atoms with Crippen molar-refractivity contribution >= 4 is 22.9 Å². The van der Waals surface area contributed by atoms with Gasteiger partial charge in [0.2, 0.25) is 0 Å². The van der Waals surface area contributed by atoms with E-state index in [2.05, 4.69) is 9.97 Å². The average Bonchev–Trinajstić information content (AvgIpc) is 2.61. The van der Waals surface area contributed by atoms with Crippen LogP contribution in [0.5, 0.6) is 0 Å². The molecule has 0 saturated heterocycles. The molecule has 0 fully saturated rings. The molecule has 0 atom stereocenters. The number of aliphatic carboxylic acids is 1. The highest BCUT2D eigenvalue weighted by atomic mass is 16.4. The van der Waals surface area contributed by atoms with E-state index in [1.165, 1.54) is 12.5 Å². The second-order valence-electron chi connectivity index (χ2n) is 2.99. The summed E-state index contributed by atoms with van der Waals surface area (Å²) in [4.78, 5) is 29.6. The Morgan fingerprint density at radius 3 is 2.80 bits per heavy atom. The number of carboxylic acid groups (broad SMARTS) is 1. The molecule has 0 aromatic carbocycles. The maximum atomic E-state index is 11.2. The molecule has 76 valence electrons. The fourth-order valence-electron chi connectivity index (χ4n) is 1.34. The first-order valence-electron chi connectivity index (χ1n) is 4.17. The van der Waals surface area contributed by atoms with Gasteiger partial charge in [0.15, 0.2) is 5.65 Å². The van der Waals surface area contributed by atoms with Crippen molar-refractivity contribution in [3.05, 3.63) is 24.3 Å². The minimum atomic E-state index is -1.51. The average molecular weight is 205 g/mol. The predicted octanol–water partition coefficient (Wildman–Crippen LogP) is 0.465. The van der Waals surface area contributed by atoms with Crippen LogP contribution in [0, 0.1) is 6.92 Å². The summed E-state index contributed by atoms with van der Waals surface area (Å²) < 4.78 is 0.992. The van der Waals surface area contributed by atoms with Gasteiger partial charge in [-0.3, -0.25) is 9.36 Å². The Labute approximate surface area is 84.2 Å². The van der Waals surface area contributed by atoms with E-state index < -0.39 is 11.9 Å². The molecule has 0 bridgehead atoms. The standard InChI is InChI=1S/C9H7N3O3/c1-5-6-2-3-12(8(13)9(14)15)7(6)11-4-10-5/h2-4H,1H3,(H,14,15). The lowest BCUT2D eigenvalue weighted by atomic mass is 10.3. The van der Waals surface area contributed by atoms with Gasteiger partial charge in [0.25, 0.3) is 0 Å². The molecule has 2 heterocycles. The van der Waals surface area contributed by atoms with Crippen LogP contribution in [0.25, 0.3) is 11.0 Å². The molecule has 0 aliphatic rings. The Morgan fingerprint density at radius 2 is 2.13 bits per heavy atom. The Morgan fingerprint density at radius 1 is 1.40 bits per heavy atom. The summed E-state index contributed by atoms with van der Waals surface area (Å²) in [7, 11) is 0. The van der Waals surface area contributed by atoms with E-state index in [1.807, 2.05) is 0 Å². The topological polar surface area (TPSA) is 85.1 Å². The second kappa shape index (κ2) is 3.16. The van der Waals surface area contributed by atoms with Crippen LogP contribution in [0.1, 0.15) is 10.5 Å². The van der Waals surface area contributed by atoms with Gasteiger partial charge in [-0.25, -0.2) is 14.8 Å². The predicted molar refractivity (Wildman–Crippen MR) is 50.5 cm³/mol. The third kappa shape index (κ3) is 1.35. The summed E-state index contributed by atoms with van der Waals surface area (Å²) in [5.41, 5.74) is 1.02. The molecule has 0 unspecified atom stereocenters. The molecule has 0 aliphatic heterocycles. The molecule has 6 heteroatoms. The van der Waals surface area contributed by atoms with Crippen LogP contribution in [0.15, 0.2) is 18.6 Å². The fourth-order valence-corrected chi connectivity index (χ4v) is 1.34. The van der Waals surface area contributed by atoms with Gasteiger partial charge in [-0.1, -0.05) is 0 Å². The summed E-state index contributed by atoms with van der Waals surface area (Å²) in [6.45, 7) is 1.76. The fraction of sp³-hybridized carbons (Fsp3) is 0.111. The number of hydrogen-bond acceptors (Lipinski definition) is 4.